The molecule has 1 N–H and O–H groups in total. The first-order valence-corrected chi connectivity index (χ1v) is 11.3. The number of aromatic nitrogens is 2. The third-order valence-corrected chi connectivity index (χ3v) is 6.55. The number of hydrogen-bond donors (Lipinski definition) is 1. The minimum Gasteiger partial charge on any atom is -0.381 e. The summed E-state index contributed by atoms with van der Waals surface area (Å²) >= 11 is 0. The van der Waals surface area contributed by atoms with Gasteiger partial charge in [-0.2, -0.15) is 5.10 Å². The van der Waals surface area contributed by atoms with Gasteiger partial charge in [0.05, 0.1) is 24.0 Å². The van der Waals surface area contributed by atoms with Crippen LogP contribution in [0.1, 0.15) is 24.8 Å². The number of imide groups is 1. The molecule has 3 fully saturated rings. The van der Waals surface area contributed by atoms with Crippen molar-refractivity contribution in [3.05, 3.63) is 30.1 Å². The first-order valence-electron chi connectivity index (χ1n) is 11.3. The van der Waals surface area contributed by atoms with E-state index in [1.807, 2.05) is 6.20 Å². The van der Waals surface area contributed by atoms with Gasteiger partial charge in [-0.3, -0.25) is 19.9 Å². The first-order chi connectivity index (χ1) is 15.2. The SMILES string of the molecule is O=C1CCN(c2cnn3ccc(CN4CCN(CC5CCCOC5)CC4)cc23)C(=O)N1. The Morgan fingerprint density at radius 2 is 1.97 bits per heavy atom. The number of pyridine rings is 1. The third kappa shape index (κ3) is 4.58. The van der Waals surface area contributed by atoms with Crippen LogP contribution in [0.2, 0.25) is 0 Å². The first kappa shape index (κ1) is 20.4. The Hall–Kier alpha value is -2.49. The molecule has 0 spiro atoms. The zero-order chi connectivity index (χ0) is 21.2. The molecule has 3 amide bonds. The van der Waals surface area contributed by atoms with Gasteiger partial charge in [-0.25, -0.2) is 9.31 Å². The fraction of sp³-hybridized carbons (Fsp3) is 0.591. The van der Waals surface area contributed by atoms with Gasteiger partial charge in [0.2, 0.25) is 5.91 Å². The minimum absolute atomic E-state index is 0.228. The second-order valence-electron chi connectivity index (χ2n) is 8.81. The molecule has 1 atom stereocenters. The molecular weight excluding hydrogens is 396 g/mol. The highest BCUT2D eigenvalue weighted by molar-refractivity contribution is 6.07. The summed E-state index contributed by atoms with van der Waals surface area (Å²) in [4.78, 5) is 30.4. The average Bonchev–Trinajstić information content (AvgIpc) is 3.19. The van der Waals surface area contributed by atoms with Gasteiger partial charge in [0.25, 0.3) is 0 Å². The van der Waals surface area contributed by atoms with Crippen molar-refractivity contribution in [2.24, 2.45) is 5.92 Å². The maximum atomic E-state index is 12.3. The number of nitrogens with one attached hydrogen (secondary N) is 1. The predicted molar refractivity (Wildman–Crippen MR) is 116 cm³/mol. The molecule has 3 aliphatic rings. The van der Waals surface area contributed by atoms with Crippen molar-refractivity contribution < 1.29 is 14.3 Å². The van der Waals surface area contributed by atoms with Crippen molar-refractivity contribution >= 4 is 23.1 Å². The van der Waals surface area contributed by atoms with Crippen LogP contribution in [0.3, 0.4) is 0 Å². The quantitative estimate of drug-likeness (QED) is 0.777. The van der Waals surface area contributed by atoms with E-state index in [0.717, 1.165) is 63.7 Å². The summed E-state index contributed by atoms with van der Waals surface area (Å²) < 4.78 is 7.41. The van der Waals surface area contributed by atoms with Crippen LogP contribution in [0.15, 0.2) is 24.5 Å². The zero-order valence-corrected chi connectivity index (χ0v) is 17.8. The molecule has 9 nitrogen and oxygen atoms in total. The second kappa shape index (κ2) is 8.94. The summed E-state index contributed by atoms with van der Waals surface area (Å²) in [6.45, 7) is 8.56. The van der Waals surface area contributed by atoms with Crippen LogP contribution in [-0.2, 0) is 16.1 Å². The van der Waals surface area contributed by atoms with Crippen LogP contribution in [0.4, 0.5) is 10.5 Å². The molecule has 0 aliphatic carbocycles. The number of rotatable bonds is 5. The second-order valence-corrected chi connectivity index (χ2v) is 8.81. The van der Waals surface area contributed by atoms with Crippen molar-refractivity contribution in [1.82, 2.24) is 24.7 Å². The molecule has 0 saturated carbocycles. The van der Waals surface area contributed by atoms with Gasteiger partial charge in [-0.05, 0) is 36.5 Å². The standard InChI is InChI=1S/C22H30N6O3/c29-21-4-5-27(22(30)24-21)20-13-23-28-6-3-17(12-19(20)28)14-25-7-9-26(10-8-25)15-18-2-1-11-31-16-18/h3,6,12-13,18H,1-2,4-5,7-11,14-16H2,(H,24,29,30). The van der Waals surface area contributed by atoms with E-state index in [2.05, 4.69) is 32.3 Å². The summed E-state index contributed by atoms with van der Waals surface area (Å²) in [5, 5.41) is 6.77. The van der Waals surface area contributed by atoms with Crippen molar-refractivity contribution in [2.75, 3.05) is 57.4 Å². The van der Waals surface area contributed by atoms with Gasteiger partial charge in [0, 0.05) is 65.0 Å². The van der Waals surface area contributed by atoms with Gasteiger partial charge in [-0.15, -0.1) is 0 Å². The lowest BCUT2D eigenvalue weighted by Crippen LogP contribution is -2.49. The number of anilines is 1. The Balaban J connectivity index is 1.21. The van der Waals surface area contributed by atoms with Crippen LogP contribution in [0.5, 0.6) is 0 Å². The summed E-state index contributed by atoms with van der Waals surface area (Å²) in [6, 6.07) is 3.82. The number of carbonyl (C=O) groups excluding carboxylic acids is 2. The lowest BCUT2D eigenvalue weighted by atomic mass is 10.0. The molecule has 2 aromatic rings. The summed E-state index contributed by atoms with van der Waals surface area (Å²) in [6.07, 6.45) is 6.43. The number of fused-ring (bicyclic) bond motifs is 1. The fourth-order valence-electron chi connectivity index (χ4n) is 4.82. The maximum absolute atomic E-state index is 12.3. The monoisotopic (exact) mass is 426 g/mol. The van der Waals surface area contributed by atoms with Gasteiger partial charge >= 0.3 is 6.03 Å². The van der Waals surface area contributed by atoms with Gasteiger partial charge in [0.15, 0.2) is 0 Å². The molecule has 3 saturated heterocycles. The fourth-order valence-corrected chi connectivity index (χ4v) is 4.82. The average molecular weight is 427 g/mol. The molecule has 5 rings (SSSR count). The largest absolute Gasteiger partial charge is 0.381 e. The molecule has 9 heteroatoms. The summed E-state index contributed by atoms with van der Waals surface area (Å²) in [7, 11) is 0. The lowest BCUT2D eigenvalue weighted by Gasteiger charge is -2.37. The predicted octanol–water partition coefficient (Wildman–Crippen LogP) is 1.32. The highest BCUT2D eigenvalue weighted by atomic mass is 16.5. The van der Waals surface area contributed by atoms with E-state index < -0.39 is 0 Å². The van der Waals surface area contributed by atoms with E-state index in [9.17, 15) is 9.59 Å². The Labute approximate surface area is 181 Å². The summed E-state index contributed by atoms with van der Waals surface area (Å²) in [5.41, 5.74) is 2.83. The van der Waals surface area contributed by atoms with Gasteiger partial charge in [-0.1, -0.05) is 0 Å². The molecule has 2 aromatic heterocycles. The molecular formula is C22H30N6O3. The molecule has 31 heavy (non-hydrogen) atoms. The van der Waals surface area contributed by atoms with E-state index in [-0.39, 0.29) is 11.9 Å². The molecule has 5 heterocycles. The van der Waals surface area contributed by atoms with Crippen molar-refractivity contribution in [2.45, 2.75) is 25.8 Å². The van der Waals surface area contributed by atoms with E-state index in [4.69, 9.17) is 4.74 Å². The van der Waals surface area contributed by atoms with Crippen LogP contribution >= 0.6 is 0 Å². The van der Waals surface area contributed by atoms with Gasteiger partial charge < -0.3 is 9.64 Å². The Kier molecular flexibility index (Phi) is 5.89. The Morgan fingerprint density at radius 3 is 2.74 bits per heavy atom. The molecule has 1 unspecified atom stereocenters. The normalized spacial score (nSPS) is 24.0. The van der Waals surface area contributed by atoms with Crippen LogP contribution in [0, 0.1) is 5.92 Å². The molecule has 166 valence electrons. The molecule has 0 bridgehead atoms. The van der Waals surface area contributed by atoms with Crippen LogP contribution in [-0.4, -0.2) is 83.8 Å². The Morgan fingerprint density at radius 1 is 1.13 bits per heavy atom. The highest BCUT2D eigenvalue weighted by Gasteiger charge is 2.27. The summed E-state index contributed by atoms with van der Waals surface area (Å²) in [5.74, 6) is 0.457. The number of carbonyl (C=O) groups is 2. The number of ether oxygens (including phenoxy) is 1. The molecule has 0 aromatic carbocycles. The van der Waals surface area contributed by atoms with Crippen molar-refractivity contribution in [3.63, 3.8) is 0 Å². The van der Waals surface area contributed by atoms with E-state index in [1.165, 1.54) is 18.4 Å². The molecule has 3 aliphatic heterocycles. The highest BCUT2D eigenvalue weighted by Crippen LogP contribution is 2.25. The zero-order valence-electron chi connectivity index (χ0n) is 17.8. The Bertz CT molecular complexity index is 946. The van der Waals surface area contributed by atoms with Crippen molar-refractivity contribution in [3.8, 4) is 0 Å². The van der Waals surface area contributed by atoms with Crippen LogP contribution < -0.4 is 10.2 Å². The molecule has 0 radical (unpaired) electrons. The van der Waals surface area contributed by atoms with E-state index in [0.29, 0.717) is 18.9 Å². The van der Waals surface area contributed by atoms with Crippen molar-refractivity contribution in [1.29, 1.82) is 0 Å². The number of nitrogens with zero attached hydrogens (tertiary/aromatic N) is 5. The van der Waals surface area contributed by atoms with Crippen LogP contribution in [0.25, 0.3) is 5.52 Å². The number of hydrogen-bond acceptors (Lipinski definition) is 6. The number of piperazine rings is 1. The lowest BCUT2D eigenvalue weighted by molar-refractivity contribution is -0.120. The minimum atomic E-state index is -0.379. The smallest absolute Gasteiger partial charge is 0.328 e. The van der Waals surface area contributed by atoms with E-state index in [1.54, 1.807) is 15.6 Å². The van der Waals surface area contributed by atoms with E-state index >= 15 is 0 Å². The topological polar surface area (TPSA) is 82.4 Å². The third-order valence-electron chi connectivity index (χ3n) is 6.55. The number of amides is 3. The number of urea groups is 1. The van der Waals surface area contributed by atoms with Gasteiger partial charge in [0.1, 0.15) is 0 Å². The maximum Gasteiger partial charge on any atom is 0.328 e.